The third-order valence-electron chi connectivity index (χ3n) is 5.72. The van der Waals surface area contributed by atoms with E-state index < -0.39 is 0 Å². The van der Waals surface area contributed by atoms with Crippen molar-refractivity contribution >= 4 is 0 Å². The van der Waals surface area contributed by atoms with Gasteiger partial charge in [0.2, 0.25) is 0 Å². The molecule has 0 radical (unpaired) electrons. The molecule has 146 valence electrons. The smallest absolute Gasteiger partial charge is 0.123 e. The zero-order valence-electron chi connectivity index (χ0n) is 16.5. The van der Waals surface area contributed by atoms with E-state index in [-0.39, 0.29) is 5.82 Å². The molecule has 1 atom stereocenters. The fraction of sp³-hybridized carbons (Fsp3) is 0.375. The van der Waals surface area contributed by atoms with Crippen LogP contribution in [0.3, 0.4) is 0 Å². The average molecular weight is 378 g/mol. The van der Waals surface area contributed by atoms with Gasteiger partial charge in [-0.15, -0.1) is 0 Å². The van der Waals surface area contributed by atoms with Crippen LogP contribution in [0.5, 0.6) is 0 Å². The van der Waals surface area contributed by atoms with Gasteiger partial charge in [0, 0.05) is 37.9 Å². The Labute approximate surface area is 166 Å². The molecule has 0 N–H and O–H groups in total. The quantitative estimate of drug-likeness (QED) is 0.613. The van der Waals surface area contributed by atoms with E-state index in [1.807, 2.05) is 18.3 Å². The largest absolute Gasteiger partial charge is 0.328 e. The molecule has 0 bridgehead atoms. The van der Waals surface area contributed by atoms with Crippen molar-refractivity contribution in [3.63, 3.8) is 0 Å². The van der Waals surface area contributed by atoms with Crippen LogP contribution >= 0.6 is 0 Å². The molecule has 4 heteroatoms. The molecule has 1 aromatic heterocycles. The molecule has 2 aromatic carbocycles. The first-order chi connectivity index (χ1) is 13.7. The van der Waals surface area contributed by atoms with Crippen LogP contribution in [-0.2, 0) is 19.5 Å². The zero-order valence-corrected chi connectivity index (χ0v) is 16.5. The van der Waals surface area contributed by atoms with Crippen LogP contribution in [0, 0.1) is 18.7 Å². The number of rotatable bonds is 6. The molecule has 28 heavy (non-hydrogen) atoms. The summed E-state index contributed by atoms with van der Waals surface area (Å²) in [6.07, 6.45) is 5.46. The van der Waals surface area contributed by atoms with Crippen molar-refractivity contribution in [3.05, 3.63) is 89.3 Å². The Hall–Kier alpha value is -2.46. The molecule has 0 spiro atoms. The molecule has 1 saturated heterocycles. The van der Waals surface area contributed by atoms with Gasteiger partial charge in [0.1, 0.15) is 11.6 Å². The number of imidazole rings is 1. The standard InChI is InChI=1S/C24H28FN3/c1-19-15-26-24(28(19)18-21-9-11-23(25)12-10-21)14-22-8-5-13-27(17-22)16-20-6-3-2-4-7-20/h2-4,6-7,9-12,15,22H,5,8,13-14,16-18H2,1H3. The maximum atomic E-state index is 13.2. The van der Waals surface area contributed by atoms with E-state index >= 15 is 0 Å². The molecule has 0 aliphatic carbocycles. The fourth-order valence-electron chi connectivity index (χ4n) is 4.22. The van der Waals surface area contributed by atoms with Crippen molar-refractivity contribution in [1.82, 2.24) is 14.5 Å². The lowest BCUT2D eigenvalue weighted by molar-refractivity contribution is 0.165. The van der Waals surface area contributed by atoms with Crippen molar-refractivity contribution in [2.45, 2.75) is 39.3 Å². The second kappa shape index (κ2) is 8.70. The molecule has 3 aromatic rings. The lowest BCUT2D eigenvalue weighted by Gasteiger charge is -2.32. The van der Waals surface area contributed by atoms with E-state index in [0.717, 1.165) is 43.1 Å². The Morgan fingerprint density at radius 2 is 1.75 bits per heavy atom. The Bertz CT molecular complexity index is 886. The molecule has 0 saturated carbocycles. The van der Waals surface area contributed by atoms with E-state index in [1.54, 1.807) is 0 Å². The van der Waals surface area contributed by atoms with Gasteiger partial charge >= 0.3 is 0 Å². The second-order valence-corrected chi connectivity index (χ2v) is 7.96. The predicted molar refractivity (Wildman–Crippen MR) is 111 cm³/mol. The summed E-state index contributed by atoms with van der Waals surface area (Å²) >= 11 is 0. The highest BCUT2D eigenvalue weighted by atomic mass is 19.1. The number of hydrogen-bond donors (Lipinski definition) is 0. The van der Waals surface area contributed by atoms with Crippen LogP contribution < -0.4 is 0 Å². The Balaban J connectivity index is 1.41. The molecule has 1 aliphatic rings. The van der Waals surface area contributed by atoms with Crippen LogP contribution in [0.4, 0.5) is 4.39 Å². The lowest BCUT2D eigenvalue weighted by atomic mass is 9.94. The second-order valence-electron chi connectivity index (χ2n) is 7.96. The highest BCUT2D eigenvalue weighted by molar-refractivity contribution is 5.19. The van der Waals surface area contributed by atoms with Crippen LogP contribution in [0.25, 0.3) is 0 Å². The summed E-state index contributed by atoms with van der Waals surface area (Å²) in [4.78, 5) is 7.28. The van der Waals surface area contributed by atoms with E-state index in [2.05, 4.69) is 46.7 Å². The van der Waals surface area contributed by atoms with E-state index in [1.165, 1.54) is 37.1 Å². The minimum absolute atomic E-state index is 0.188. The maximum absolute atomic E-state index is 13.2. The Morgan fingerprint density at radius 1 is 1.00 bits per heavy atom. The average Bonchev–Trinajstić information content (AvgIpc) is 3.04. The Kier molecular flexibility index (Phi) is 5.87. The predicted octanol–water partition coefficient (Wildman–Crippen LogP) is 4.83. The van der Waals surface area contributed by atoms with Gasteiger partial charge in [0.05, 0.1) is 0 Å². The van der Waals surface area contributed by atoms with Crippen molar-refractivity contribution in [2.24, 2.45) is 5.92 Å². The highest BCUT2D eigenvalue weighted by Gasteiger charge is 2.22. The number of aryl methyl sites for hydroxylation is 1. The summed E-state index contributed by atoms with van der Waals surface area (Å²) in [5.41, 5.74) is 3.66. The third-order valence-corrected chi connectivity index (χ3v) is 5.72. The van der Waals surface area contributed by atoms with Gasteiger partial charge in [-0.2, -0.15) is 0 Å². The molecular weight excluding hydrogens is 349 g/mol. The molecular formula is C24H28FN3. The van der Waals surface area contributed by atoms with Gasteiger partial charge in [-0.25, -0.2) is 9.37 Å². The minimum Gasteiger partial charge on any atom is -0.328 e. The van der Waals surface area contributed by atoms with E-state index in [9.17, 15) is 4.39 Å². The number of aromatic nitrogens is 2. The minimum atomic E-state index is -0.188. The summed E-state index contributed by atoms with van der Waals surface area (Å²) in [6, 6.07) is 17.5. The molecule has 3 nitrogen and oxygen atoms in total. The van der Waals surface area contributed by atoms with Gasteiger partial charge in [0.25, 0.3) is 0 Å². The first kappa shape index (κ1) is 18.9. The highest BCUT2D eigenvalue weighted by Crippen LogP contribution is 2.23. The van der Waals surface area contributed by atoms with E-state index in [0.29, 0.717) is 5.92 Å². The lowest BCUT2D eigenvalue weighted by Crippen LogP contribution is -2.36. The normalized spacial score (nSPS) is 17.7. The first-order valence-electron chi connectivity index (χ1n) is 10.2. The fourth-order valence-corrected chi connectivity index (χ4v) is 4.22. The van der Waals surface area contributed by atoms with Crippen molar-refractivity contribution in [3.8, 4) is 0 Å². The SMILES string of the molecule is Cc1cnc(CC2CCCN(Cc3ccccc3)C2)n1Cc1ccc(F)cc1. The van der Waals surface area contributed by atoms with Gasteiger partial charge in [-0.3, -0.25) is 4.90 Å². The van der Waals surface area contributed by atoms with Gasteiger partial charge in [-0.05, 0) is 55.5 Å². The summed E-state index contributed by atoms with van der Waals surface area (Å²) in [6.45, 7) is 6.18. The van der Waals surface area contributed by atoms with Crippen LogP contribution in [-0.4, -0.2) is 27.5 Å². The topological polar surface area (TPSA) is 21.1 Å². The molecule has 4 rings (SSSR count). The molecule has 0 amide bonds. The molecule has 2 heterocycles. The van der Waals surface area contributed by atoms with Crippen LogP contribution in [0.15, 0.2) is 60.8 Å². The van der Waals surface area contributed by atoms with Gasteiger partial charge < -0.3 is 4.57 Å². The summed E-state index contributed by atoms with van der Waals surface area (Å²) < 4.78 is 15.5. The van der Waals surface area contributed by atoms with Crippen molar-refractivity contribution in [2.75, 3.05) is 13.1 Å². The van der Waals surface area contributed by atoms with Crippen LogP contribution in [0.2, 0.25) is 0 Å². The van der Waals surface area contributed by atoms with Crippen molar-refractivity contribution in [1.29, 1.82) is 0 Å². The summed E-state index contributed by atoms with van der Waals surface area (Å²) in [5, 5.41) is 0. The van der Waals surface area contributed by atoms with E-state index in [4.69, 9.17) is 4.98 Å². The number of halogens is 1. The maximum Gasteiger partial charge on any atom is 0.123 e. The number of hydrogen-bond acceptors (Lipinski definition) is 2. The molecule has 1 aliphatic heterocycles. The molecule has 1 fully saturated rings. The number of benzene rings is 2. The monoisotopic (exact) mass is 377 g/mol. The van der Waals surface area contributed by atoms with Gasteiger partial charge in [-0.1, -0.05) is 42.5 Å². The summed E-state index contributed by atoms with van der Waals surface area (Å²) in [5.74, 6) is 1.59. The van der Waals surface area contributed by atoms with Crippen LogP contribution in [0.1, 0.15) is 35.5 Å². The molecule has 1 unspecified atom stereocenters. The Morgan fingerprint density at radius 3 is 2.54 bits per heavy atom. The number of nitrogens with zero attached hydrogens (tertiary/aromatic N) is 3. The van der Waals surface area contributed by atoms with Gasteiger partial charge in [0.15, 0.2) is 0 Å². The number of piperidine rings is 1. The first-order valence-corrected chi connectivity index (χ1v) is 10.2. The summed E-state index contributed by atoms with van der Waals surface area (Å²) in [7, 11) is 0. The third kappa shape index (κ3) is 4.68. The number of likely N-dealkylation sites (tertiary alicyclic amines) is 1. The zero-order chi connectivity index (χ0) is 19.3. The van der Waals surface area contributed by atoms with Crippen molar-refractivity contribution < 1.29 is 4.39 Å².